The molecule has 0 heterocycles. The highest BCUT2D eigenvalue weighted by Gasteiger charge is 2.09. The fourth-order valence-corrected chi connectivity index (χ4v) is 1.74. The summed E-state index contributed by atoms with van der Waals surface area (Å²) in [7, 11) is 1.83. The molecule has 0 spiro atoms. The van der Waals surface area contributed by atoms with E-state index in [2.05, 4.69) is 6.92 Å². The Kier molecular flexibility index (Phi) is 5.53. The topological polar surface area (TPSA) is 46.3 Å². The predicted octanol–water partition coefficient (Wildman–Crippen LogP) is 2.81. The third-order valence-electron chi connectivity index (χ3n) is 2.88. The first-order valence-electron chi connectivity index (χ1n) is 6.22. The lowest BCUT2D eigenvalue weighted by Crippen LogP contribution is -2.26. The van der Waals surface area contributed by atoms with E-state index in [9.17, 15) is 4.79 Å². The first-order chi connectivity index (χ1) is 8.15. The second kappa shape index (κ2) is 6.94. The summed E-state index contributed by atoms with van der Waals surface area (Å²) in [6.45, 7) is 2.73. The van der Waals surface area contributed by atoms with Crippen molar-refractivity contribution in [3.05, 3.63) is 29.8 Å². The number of nitrogens with two attached hydrogens (primary N) is 1. The van der Waals surface area contributed by atoms with E-state index in [1.165, 1.54) is 0 Å². The molecule has 0 saturated carbocycles. The van der Waals surface area contributed by atoms with Crippen molar-refractivity contribution >= 4 is 11.6 Å². The molecule has 0 unspecified atom stereocenters. The number of nitrogens with zero attached hydrogens (tertiary/aromatic N) is 1. The molecule has 0 aromatic heterocycles. The molecule has 1 aromatic rings. The molecule has 0 radical (unpaired) electrons. The number of hydrogen-bond donors (Lipinski definition) is 1. The number of carbonyl (C=O) groups is 1. The minimum Gasteiger partial charge on any atom is -0.398 e. The Morgan fingerprint density at radius 1 is 1.29 bits per heavy atom. The van der Waals surface area contributed by atoms with E-state index < -0.39 is 0 Å². The molecule has 0 bridgehead atoms. The molecule has 0 saturated heterocycles. The fourth-order valence-electron chi connectivity index (χ4n) is 1.74. The van der Waals surface area contributed by atoms with Gasteiger partial charge in [0.1, 0.15) is 0 Å². The lowest BCUT2D eigenvalue weighted by Gasteiger charge is -2.18. The van der Waals surface area contributed by atoms with Gasteiger partial charge in [0.2, 0.25) is 5.91 Å². The lowest BCUT2D eigenvalue weighted by molar-refractivity contribution is -0.130. The largest absolute Gasteiger partial charge is 0.398 e. The quantitative estimate of drug-likeness (QED) is 0.607. The lowest BCUT2D eigenvalue weighted by atomic mass is 10.1. The van der Waals surface area contributed by atoms with Crippen molar-refractivity contribution in [1.29, 1.82) is 0 Å². The number of hydrogen-bond acceptors (Lipinski definition) is 2. The molecule has 2 N–H and O–H groups in total. The number of rotatable bonds is 6. The Hall–Kier alpha value is -1.51. The van der Waals surface area contributed by atoms with Gasteiger partial charge in [0.05, 0.1) is 0 Å². The Morgan fingerprint density at radius 3 is 2.65 bits per heavy atom. The summed E-state index contributed by atoms with van der Waals surface area (Å²) in [5.74, 6) is 0.196. The van der Waals surface area contributed by atoms with Gasteiger partial charge < -0.3 is 10.6 Å². The van der Waals surface area contributed by atoms with Crippen LogP contribution in [-0.2, 0) is 11.3 Å². The van der Waals surface area contributed by atoms with Crippen molar-refractivity contribution in [2.75, 3.05) is 12.8 Å². The standard InChI is InChI=1S/C14H22N2O/c1-3-4-5-10-14(17)16(2)11-12-8-6-7-9-13(12)15/h6-9H,3-5,10-11,15H2,1-2H3. The monoisotopic (exact) mass is 234 g/mol. The van der Waals surface area contributed by atoms with Gasteiger partial charge in [0.25, 0.3) is 0 Å². The van der Waals surface area contributed by atoms with Crippen molar-refractivity contribution in [3.63, 3.8) is 0 Å². The molecule has 3 nitrogen and oxygen atoms in total. The van der Waals surface area contributed by atoms with Gasteiger partial charge in [-0.3, -0.25) is 4.79 Å². The normalized spacial score (nSPS) is 10.2. The van der Waals surface area contributed by atoms with Crippen LogP contribution in [0.3, 0.4) is 0 Å². The second-order valence-electron chi connectivity index (χ2n) is 4.41. The zero-order valence-electron chi connectivity index (χ0n) is 10.8. The first kappa shape index (κ1) is 13.6. The van der Waals surface area contributed by atoms with Crippen LogP contribution >= 0.6 is 0 Å². The summed E-state index contributed by atoms with van der Waals surface area (Å²) in [5, 5.41) is 0. The molecule has 1 rings (SSSR count). The van der Waals surface area contributed by atoms with Crippen LogP contribution < -0.4 is 5.73 Å². The average Bonchev–Trinajstić information content (AvgIpc) is 2.32. The highest BCUT2D eigenvalue weighted by atomic mass is 16.2. The van der Waals surface area contributed by atoms with Crippen molar-refractivity contribution < 1.29 is 4.79 Å². The molecular weight excluding hydrogens is 212 g/mol. The molecule has 1 aromatic carbocycles. The number of unbranched alkanes of at least 4 members (excludes halogenated alkanes) is 2. The molecule has 0 aliphatic carbocycles. The van der Waals surface area contributed by atoms with Gasteiger partial charge in [-0.2, -0.15) is 0 Å². The molecule has 94 valence electrons. The van der Waals surface area contributed by atoms with Gasteiger partial charge >= 0.3 is 0 Å². The van der Waals surface area contributed by atoms with Crippen LogP contribution in [0.1, 0.15) is 38.2 Å². The summed E-state index contributed by atoms with van der Waals surface area (Å²) >= 11 is 0. The maximum atomic E-state index is 11.8. The zero-order chi connectivity index (χ0) is 12.7. The third kappa shape index (κ3) is 4.47. The summed E-state index contributed by atoms with van der Waals surface area (Å²) in [4.78, 5) is 13.6. The minimum absolute atomic E-state index is 0.196. The van der Waals surface area contributed by atoms with Crippen LogP contribution in [0.2, 0.25) is 0 Å². The number of nitrogen functional groups attached to an aromatic ring is 1. The van der Waals surface area contributed by atoms with Crippen LogP contribution in [-0.4, -0.2) is 17.9 Å². The molecule has 0 fully saturated rings. The third-order valence-corrected chi connectivity index (χ3v) is 2.88. The van der Waals surface area contributed by atoms with Crippen molar-refractivity contribution in [2.24, 2.45) is 0 Å². The maximum Gasteiger partial charge on any atom is 0.222 e. The van der Waals surface area contributed by atoms with Crippen LogP contribution in [0.25, 0.3) is 0 Å². The summed E-state index contributed by atoms with van der Waals surface area (Å²) in [6.07, 6.45) is 3.87. The van der Waals surface area contributed by atoms with Gasteiger partial charge in [-0.15, -0.1) is 0 Å². The van der Waals surface area contributed by atoms with E-state index in [0.717, 1.165) is 30.5 Å². The number of anilines is 1. The predicted molar refractivity (Wildman–Crippen MR) is 71.5 cm³/mol. The summed E-state index contributed by atoms with van der Waals surface area (Å²) in [6, 6.07) is 7.68. The first-order valence-corrected chi connectivity index (χ1v) is 6.22. The average molecular weight is 234 g/mol. The van der Waals surface area contributed by atoms with E-state index in [4.69, 9.17) is 5.73 Å². The molecule has 0 aliphatic rings. The van der Waals surface area contributed by atoms with E-state index in [-0.39, 0.29) is 5.91 Å². The van der Waals surface area contributed by atoms with Crippen LogP contribution in [0.4, 0.5) is 5.69 Å². The van der Waals surface area contributed by atoms with Gasteiger partial charge in [-0.1, -0.05) is 38.0 Å². The number of para-hydroxylation sites is 1. The number of amides is 1. The Labute approximate surface area is 104 Å². The maximum absolute atomic E-state index is 11.8. The van der Waals surface area contributed by atoms with Gasteiger partial charge in [0, 0.05) is 25.7 Å². The second-order valence-corrected chi connectivity index (χ2v) is 4.41. The van der Waals surface area contributed by atoms with E-state index in [1.54, 1.807) is 4.90 Å². The number of benzene rings is 1. The van der Waals surface area contributed by atoms with Crippen molar-refractivity contribution in [1.82, 2.24) is 4.90 Å². The van der Waals surface area contributed by atoms with E-state index in [1.807, 2.05) is 31.3 Å². The Balaban J connectivity index is 2.46. The smallest absolute Gasteiger partial charge is 0.222 e. The Morgan fingerprint density at radius 2 is 2.00 bits per heavy atom. The SMILES string of the molecule is CCCCCC(=O)N(C)Cc1ccccc1N. The Bertz CT molecular complexity index is 363. The number of carbonyl (C=O) groups excluding carboxylic acids is 1. The minimum atomic E-state index is 0.196. The zero-order valence-corrected chi connectivity index (χ0v) is 10.8. The highest BCUT2D eigenvalue weighted by molar-refractivity contribution is 5.76. The molecule has 0 atom stereocenters. The van der Waals surface area contributed by atoms with Gasteiger partial charge in [-0.25, -0.2) is 0 Å². The van der Waals surface area contributed by atoms with E-state index >= 15 is 0 Å². The molecular formula is C14H22N2O. The van der Waals surface area contributed by atoms with Crippen LogP contribution in [0.15, 0.2) is 24.3 Å². The molecule has 3 heteroatoms. The summed E-state index contributed by atoms with van der Waals surface area (Å²) < 4.78 is 0. The van der Waals surface area contributed by atoms with E-state index in [0.29, 0.717) is 13.0 Å². The fraction of sp³-hybridized carbons (Fsp3) is 0.500. The highest BCUT2D eigenvalue weighted by Crippen LogP contribution is 2.13. The van der Waals surface area contributed by atoms with Crippen molar-refractivity contribution in [3.8, 4) is 0 Å². The van der Waals surface area contributed by atoms with Crippen LogP contribution in [0, 0.1) is 0 Å². The molecule has 0 aliphatic heterocycles. The molecule has 17 heavy (non-hydrogen) atoms. The molecule has 1 amide bonds. The summed E-state index contributed by atoms with van der Waals surface area (Å²) in [5.41, 5.74) is 7.62. The van der Waals surface area contributed by atoms with Gasteiger partial charge in [-0.05, 0) is 18.1 Å². The van der Waals surface area contributed by atoms with Crippen LogP contribution in [0.5, 0.6) is 0 Å². The van der Waals surface area contributed by atoms with Crippen molar-refractivity contribution in [2.45, 2.75) is 39.2 Å². The van der Waals surface area contributed by atoms with Gasteiger partial charge in [0.15, 0.2) is 0 Å².